The highest BCUT2D eigenvalue weighted by Crippen LogP contribution is 2.44. The summed E-state index contributed by atoms with van der Waals surface area (Å²) >= 11 is 0. The van der Waals surface area contributed by atoms with Crippen LogP contribution in [0.2, 0.25) is 0 Å². The number of amides is 1. The Labute approximate surface area is 126 Å². The van der Waals surface area contributed by atoms with Gasteiger partial charge < -0.3 is 10.6 Å². The normalized spacial score (nSPS) is 27.9. The van der Waals surface area contributed by atoms with Crippen LogP contribution < -0.4 is 10.6 Å². The summed E-state index contributed by atoms with van der Waals surface area (Å²) in [4.78, 5) is 12.5. The van der Waals surface area contributed by atoms with Crippen molar-refractivity contribution in [1.82, 2.24) is 20.4 Å². The molecule has 0 spiro atoms. The first kappa shape index (κ1) is 15.3. The smallest absolute Gasteiger partial charge is 0.350 e. The summed E-state index contributed by atoms with van der Waals surface area (Å²) in [6, 6.07) is 1.18. The Morgan fingerprint density at radius 1 is 1.55 bits per heavy atom. The third-order valence-electron chi connectivity index (χ3n) is 4.89. The molecular formula is C14H19F3N4O. The summed E-state index contributed by atoms with van der Waals surface area (Å²) in [7, 11) is 1.45. The monoisotopic (exact) mass is 316 g/mol. The van der Waals surface area contributed by atoms with Crippen molar-refractivity contribution in [2.45, 2.75) is 44.4 Å². The largest absolute Gasteiger partial charge is 0.435 e. The highest BCUT2D eigenvalue weighted by Gasteiger charge is 2.51. The van der Waals surface area contributed by atoms with E-state index in [4.69, 9.17) is 0 Å². The van der Waals surface area contributed by atoms with Crippen LogP contribution >= 0.6 is 0 Å². The molecule has 0 bridgehead atoms. The Kier molecular flexibility index (Phi) is 3.66. The molecule has 1 aromatic heterocycles. The molecule has 2 fully saturated rings. The van der Waals surface area contributed by atoms with E-state index in [1.807, 2.05) is 0 Å². The van der Waals surface area contributed by atoms with E-state index in [9.17, 15) is 18.0 Å². The van der Waals surface area contributed by atoms with Crippen LogP contribution in [0.3, 0.4) is 0 Å². The van der Waals surface area contributed by atoms with Gasteiger partial charge >= 0.3 is 6.18 Å². The minimum absolute atomic E-state index is 0.0604. The van der Waals surface area contributed by atoms with Gasteiger partial charge in [-0.3, -0.25) is 9.48 Å². The van der Waals surface area contributed by atoms with E-state index >= 15 is 0 Å². The number of nitrogens with one attached hydrogen (secondary N) is 2. The van der Waals surface area contributed by atoms with Crippen LogP contribution in [0.4, 0.5) is 13.2 Å². The van der Waals surface area contributed by atoms with Crippen LogP contribution in [-0.4, -0.2) is 28.3 Å². The van der Waals surface area contributed by atoms with Crippen molar-refractivity contribution in [3.63, 3.8) is 0 Å². The fraction of sp³-hybridized carbons (Fsp3) is 0.714. The number of aromatic nitrogens is 2. The molecule has 3 rings (SSSR count). The second kappa shape index (κ2) is 5.26. The van der Waals surface area contributed by atoms with Gasteiger partial charge in [0.2, 0.25) is 5.91 Å². The molecule has 5 nitrogen and oxygen atoms in total. The highest BCUT2D eigenvalue weighted by atomic mass is 19.4. The number of hydrogen-bond donors (Lipinski definition) is 2. The first-order chi connectivity index (χ1) is 10.3. The number of carbonyl (C=O) groups excluding carboxylic acids is 1. The number of aryl methyl sites for hydroxylation is 1. The second-order valence-electron chi connectivity index (χ2n) is 6.13. The lowest BCUT2D eigenvalue weighted by molar-refractivity contribution is -0.141. The molecule has 0 aromatic carbocycles. The number of rotatable bonds is 3. The lowest BCUT2D eigenvalue weighted by Crippen LogP contribution is -2.45. The van der Waals surface area contributed by atoms with Crippen LogP contribution in [-0.2, 0) is 24.6 Å². The number of alkyl halides is 3. The standard InChI is InChI=1S/C14H19F3N4O/c1-21-9(7-11(20-21)14(15,16)17)8-19-12(22)13-4-2-3-10(13)18-6-5-13/h7,10,18H,2-6,8H2,1H3,(H,19,22)/t10-,13+/m1/s1. The van der Waals surface area contributed by atoms with Gasteiger partial charge in [0.15, 0.2) is 5.69 Å². The zero-order valence-electron chi connectivity index (χ0n) is 12.3. The summed E-state index contributed by atoms with van der Waals surface area (Å²) in [5.41, 5.74) is -0.970. The van der Waals surface area contributed by atoms with Crippen LogP contribution in [0.5, 0.6) is 0 Å². The minimum atomic E-state index is -4.47. The van der Waals surface area contributed by atoms with Gasteiger partial charge in [-0.1, -0.05) is 6.42 Å². The fourth-order valence-electron chi connectivity index (χ4n) is 3.68. The van der Waals surface area contributed by atoms with Crippen LogP contribution in [0.15, 0.2) is 6.07 Å². The van der Waals surface area contributed by atoms with Gasteiger partial charge in [-0.15, -0.1) is 0 Å². The lowest BCUT2D eigenvalue weighted by atomic mass is 9.81. The van der Waals surface area contributed by atoms with Crippen molar-refractivity contribution >= 4 is 5.91 Å². The summed E-state index contributed by atoms with van der Waals surface area (Å²) in [6.07, 6.45) is -0.838. The van der Waals surface area contributed by atoms with Gasteiger partial charge in [0.25, 0.3) is 0 Å². The van der Waals surface area contributed by atoms with E-state index < -0.39 is 11.9 Å². The van der Waals surface area contributed by atoms with E-state index in [2.05, 4.69) is 15.7 Å². The van der Waals surface area contributed by atoms with E-state index in [1.165, 1.54) is 11.7 Å². The predicted octanol–water partition coefficient (Wildman–Crippen LogP) is 1.59. The molecule has 2 N–H and O–H groups in total. The first-order valence-corrected chi connectivity index (χ1v) is 7.45. The molecule has 1 aliphatic carbocycles. The molecule has 122 valence electrons. The Bertz CT molecular complexity index is 571. The number of hydrogen-bond acceptors (Lipinski definition) is 3. The quantitative estimate of drug-likeness (QED) is 0.890. The molecule has 2 heterocycles. The molecule has 8 heteroatoms. The van der Waals surface area contributed by atoms with Crippen LogP contribution in [0.25, 0.3) is 0 Å². The maximum atomic E-state index is 12.6. The van der Waals surface area contributed by atoms with Crippen molar-refractivity contribution in [3.8, 4) is 0 Å². The van der Waals surface area contributed by atoms with Gasteiger partial charge in [0.05, 0.1) is 17.7 Å². The van der Waals surface area contributed by atoms with Crippen molar-refractivity contribution in [2.75, 3.05) is 6.54 Å². The first-order valence-electron chi connectivity index (χ1n) is 7.45. The average Bonchev–Trinajstić information content (AvgIpc) is 3.08. The molecule has 1 amide bonds. The van der Waals surface area contributed by atoms with Gasteiger partial charge in [0.1, 0.15) is 0 Å². The Hall–Kier alpha value is -1.57. The third kappa shape index (κ3) is 2.49. The van der Waals surface area contributed by atoms with E-state index in [1.54, 1.807) is 0 Å². The summed E-state index contributed by atoms with van der Waals surface area (Å²) in [5, 5.41) is 9.60. The van der Waals surface area contributed by atoms with Crippen LogP contribution in [0.1, 0.15) is 37.1 Å². The molecule has 0 radical (unpaired) electrons. The van der Waals surface area contributed by atoms with Crippen molar-refractivity contribution in [1.29, 1.82) is 0 Å². The zero-order valence-corrected chi connectivity index (χ0v) is 12.3. The van der Waals surface area contributed by atoms with Gasteiger partial charge in [0, 0.05) is 13.1 Å². The van der Waals surface area contributed by atoms with Gasteiger partial charge in [-0.2, -0.15) is 18.3 Å². The van der Waals surface area contributed by atoms with Crippen molar-refractivity contribution < 1.29 is 18.0 Å². The second-order valence-corrected chi connectivity index (χ2v) is 6.13. The van der Waals surface area contributed by atoms with E-state index in [-0.39, 0.29) is 23.9 Å². The number of nitrogens with zero attached hydrogens (tertiary/aromatic N) is 2. The minimum Gasteiger partial charge on any atom is -0.350 e. The summed E-state index contributed by atoms with van der Waals surface area (Å²) in [5.74, 6) is -0.0604. The molecule has 0 unspecified atom stereocenters. The number of carbonyl (C=O) groups is 1. The van der Waals surface area contributed by atoms with Gasteiger partial charge in [-0.05, 0) is 31.9 Å². The maximum Gasteiger partial charge on any atom is 0.435 e. The molecule has 22 heavy (non-hydrogen) atoms. The van der Waals surface area contributed by atoms with Crippen molar-refractivity contribution in [2.24, 2.45) is 12.5 Å². The SMILES string of the molecule is Cn1nc(C(F)(F)F)cc1CNC(=O)[C@]12CCC[C@H]1NCC2. The summed E-state index contributed by atoms with van der Waals surface area (Å²) in [6.45, 7) is 0.884. The number of fused-ring (bicyclic) bond motifs is 1. The van der Waals surface area contributed by atoms with Crippen molar-refractivity contribution in [3.05, 3.63) is 17.5 Å². The zero-order chi connectivity index (χ0) is 16.0. The third-order valence-corrected chi connectivity index (χ3v) is 4.89. The molecule has 1 aliphatic heterocycles. The molecule has 1 saturated carbocycles. The highest BCUT2D eigenvalue weighted by molar-refractivity contribution is 5.84. The maximum absolute atomic E-state index is 12.6. The van der Waals surface area contributed by atoms with E-state index in [0.717, 1.165) is 38.3 Å². The molecular weight excluding hydrogens is 297 g/mol. The fourth-order valence-corrected chi connectivity index (χ4v) is 3.68. The van der Waals surface area contributed by atoms with Crippen LogP contribution in [0, 0.1) is 5.41 Å². The molecule has 2 aliphatic rings. The molecule has 2 atom stereocenters. The average molecular weight is 316 g/mol. The molecule has 1 saturated heterocycles. The number of halogens is 3. The Morgan fingerprint density at radius 2 is 2.32 bits per heavy atom. The lowest BCUT2D eigenvalue weighted by Gasteiger charge is -2.27. The predicted molar refractivity (Wildman–Crippen MR) is 72.7 cm³/mol. The van der Waals surface area contributed by atoms with E-state index in [0.29, 0.717) is 5.69 Å². The molecule has 1 aromatic rings. The summed E-state index contributed by atoms with van der Waals surface area (Å²) < 4.78 is 39.1. The Morgan fingerprint density at radius 3 is 3.00 bits per heavy atom. The topological polar surface area (TPSA) is 59.0 Å². The Balaban J connectivity index is 1.68. The van der Waals surface area contributed by atoms with Gasteiger partial charge in [-0.25, -0.2) is 0 Å².